The number of alkyl halides is 3. The molecule has 7 nitrogen and oxygen atoms in total. The Kier molecular flexibility index (Phi) is 5.23. The fourth-order valence-electron chi connectivity index (χ4n) is 4.70. The third-order valence-electron chi connectivity index (χ3n) is 6.10. The molecule has 2 fully saturated rings. The van der Waals surface area contributed by atoms with E-state index in [1.807, 2.05) is 0 Å². The lowest BCUT2D eigenvalue weighted by molar-refractivity contribution is -0.137. The molecule has 12 heteroatoms. The van der Waals surface area contributed by atoms with E-state index in [0.717, 1.165) is 23.5 Å². The number of carbonyl (C=O) groups excluding carboxylic acids is 1. The summed E-state index contributed by atoms with van der Waals surface area (Å²) in [6.45, 7) is 0. The van der Waals surface area contributed by atoms with E-state index in [-0.39, 0.29) is 46.1 Å². The highest BCUT2D eigenvalue weighted by molar-refractivity contribution is 6.33. The van der Waals surface area contributed by atoms with Gasteiger partial charge in [-0.1, -0.05) is 17.7 Å². The first kappa shape index (κ1) is 21.6. The zero-order valence-electron chi connectivity index (χ0n) is 16.9. The number of carbonyl (C=O) groups is 1. The predicted octanol–water partition coefficient (Wildman–Crippen LogP) is 4.33. The van der Waals surface area contributed by atoms with Crippen molar-refractivity contribution in [3.8, 4) is 5.69 Å². The highest BCUT2D eigenvalue weighted by Crippen LogP contribution is 2.41. The fourth-order valence-corrected chi connectivity index (χ4v) is 4.92. The SMILES string of the molecule is O=C(c1cccc(F)c1-n1nccn1)N1C2CCC1C(Nc1ncc(C(F)(F)F)cc1Cl)C2. The van der Waals surface area contributed by atoms with Gasteiger partial charge < -0.3 is 10.2 Å². The van der Waals surface area contributed by atoms with E-state index in [1.165, 1.54) is 30.6 Å². The van der Waals surface area contributed by atoms with Gasteiger partial charge in [-0.05, 0) is 37.5 Å². The van der Waals surface area contributed by atoms with Gasteiger partial charge in [-0.15, -0.1) is 4.80 Å². The van der Waals surface area contributed by atoms with Crippen LogP contribution in [-0.2, 0) is 6.18 Å². The van der Waals surface area contributed by atoms with E-state index in [1.54, 1.807) is 4.90 Å². The molecular weight excluding hydrogens is 464 g/mol. The van der Waals surface area contributed by atoms with Gasteiger partial charge in [0.25, 0.3) is 5.91 Å². The molecule has 3 atom stereocenters. The molecule has 5 rings (SSSR count). The summed E-state index contributed by atoms with van der Waals surface area (Å²) in [5.74, 6) is -0.856. The lowest BCUT2D eigenvalue weighted by Crippen LogP contribution is -2.40. The van der Waals surface area contributed by atoms with Crippen molar-refractivity contribution in [2.75, 3.05) is 5.32 Å². The van der Waals surface area contributed by atoms with Crippen molar-refractivity contribution in [2.24, 2.45) is 0 Å². The third kappa shape index (κ3) is 3.79. The first-order valence-corrected chi connectivity index (χ1v) is 10.6. The first-order valence-electron chi connectivity index (χ1n) is 10.2. The number of halogens is 5. The zero-order chi connectivity index (χ0) is 23.3. The summed E-state index contributed by atoms with van der Waals surface area (Å²) < 4.78 is 53.3. The van der Waals surface area contributed by atoms with Crippen molar-refractivity contribution in [1.82, 2.24) is 24.9 Å². The number of amides is 1. The Morgan fingerprint density at radius 2 is 1.94 bits per heavy atom. The van der Waals surface area contributed by atoms with Gasteiger partial charge in [0.1, 0.15) is 11.5 Å². The second kappa shape index (κ2) is 7.98. The number of hydrogen-bond acceptors (Lipinski definition) is 5. The molecule has 172 valence electrons. The van der Waals surface area contributed by atoms with Crippen LogP contribution in [0.4, 0.5) is 23.4 Å². The minimum atomic E-state index is -4.54. The molecule has 1 N–H and O–H groups in total. The van der Waals surface area contributed by atoms with Crippen LogP contribution in [-0.4, -0.2) is 48.9 Å². The lowest BCUT2D eigenvalue weighted by Gasteiger charge is -2.26. The number of benzene rings is 1. The van der Waals surface area contributed by atoms with Crippen LogP contribution in [0.25, 0.3) is 5.69 Å². The second-order valence-electron chi connectivity index (χ2n) is 8.00. The van der Waals surface area contributed by atoms with Crippen LogP contribution < -0.4 is 5.32 Å². The second-order valence-corrected chi connectivity index (χ2v) is 8.41. The number of anilines is 1. The maximum atomic E-state index is 14.6. The highest BCUT2D eigenvalue weighted by atomic mass is 35.5. The Morgan fingerprint density at radius 1 is 1.18 bits per heavy atom. The largest absolute Gasteiger partial charge is 0.417 e. The highest BCUT2D eigenvalue weighted by Gasteiger charge is 2.49. The zero-order valence-corrected chi connectivity index (χ0v) is 17.7. The van der Waals surface area contributed by atoms with Gasteiger partial charge in [-0.25, -0.2) is 9.37 Å². The quantitative estimate of drug-likeness (QED) is 0.562. The lowest BCUT2D eigenvalue weighted by atomic mass is 9.95. The fraction of sp³-hybridized carbons (Fsp3) is 0.333. The van der Waals surface area contributed by atoms with Gasteiger partial charge in [0.2, 0.25) is 0 Å². The van der Waals surface area contributed by atoms with Crippen LogP contribution in [0.1, 0.15) is 35.2 Å². The van der Waals surface area contributed by atoms with Gasteiger partial charge in [-0.2, -0.15) is 23.4 Å². The van der Waals surface area contributed by atoms with Crippen LogP contribution in [0.15, 0.2) is 42.9 Å². The Morgan fingerprint density at radius 3 is 2.64 bits per heavy atom. The Labute approximate surface area is 190 Å². The van der Waals surface area contributed by atoms with E-state index in [4.69, 9.17) is 11.6 Å². The van der Waals surface area contributed by atoms with Crippen LogP contribution in [0.5, 0.6) is 0 Å². The molecule has 3 aromatic rings. The standard InChI is InChI=1S/C21H17ClF4N6O/c22-14-8-11(21(24,25)26)10-27-19(14)30-16-9-12-4-5-17(16)31(12)20(33)13-2-1-3-15(23)18(13)32-28-6-7-29-32/h1-3,6-8,10,12,16-17H,4-5,9H2,(H,27,30). The third-order valence-corrected chi connectivity index (χ3v) is 6.39. The molecule has 2 aromatic heterocycles. The summed E-state index contributed by atoms with van der Waals surface area (Å²) in [6.07, 6.45) is 0.990. The van der Waals surface area contributed by atoms with Crippen LogP contribution in [0.2, 0.25) is 5.02 Å². The average Bonchev–Trinajstić information content (AvgIpc) is 3.50. The number of rotatable bonds is 4. The van der Waals surface area contributed by atoms with Gasteiger partial charge >= 0.3 is 6.18 Å². The molecule has 0 radical (unpaired) electrons. The summed E-state index contributed by atoms with van der Waals surface area (Å²) in [6, 6.07) is 4.43. The van der Waals surface area contributed by atoms with Crippen LogP contribution >= 0.6 is 11.6 Å². The topological polar surface area (TPSA) is 75.9 Å². The van der Waals surface area contributed by atoms with Crippen molar-refractivity contribution in [3.05, 3.63) is 64.8 Å². The molecule has 2 aliphatic rings. The molecule has 3 unspecified atom stereocenters. The van der Waals surface area contributed by atoms with Gasteiger partial charge in [0, 0.05) is 18.3 Å². The molecule has 0 aliphatic carbocycles. The maximum Gasteiger partial charge on any atom is 0.417 e. The number of nitrogens with zero attached hydrogens (tertiary/aromatic N) is 5. The summed E-state index contributed by atoms with van der Waals surface area (Å²) in [5.41, 5.74) is -0.834. The van der Waals surface area contributed by atoms with E-state index in [0.29, 0.717) is 12.8 Å². The van der Waals surface area contributed by atoms with Gasteiger partial charge in [0.15, 0.2) is 5.82 Å². The molecule has 33 heavy (non-hydrogen) atoms. The summed E-state index contributed by atoms with van der Waals surface area (Å²) in [4.78, 5) is 20.1. The number of nitrogens with one attached hydrogen (secondary N) is 1. The molecule has 2 bridgehead atoms. The molecule has 2 saturated heterocycles. The maximum absolute atomic E-state index is 14.6. The van der Waals surface area contributed by atoms with Crippen molar-refractivity contribution >= 4 is 23.3 Å². The molecule has 1 amide bonds. The molecule has 2 aliphatic heterocycles. The molecule has 0 spiro atoms. The van der Waals surface area contributed by atoms with E-state index in [9.17, 15) is 22.4 Å². The van der Waals surface area contributed by atoms with Crippen molar-refractivity contribution in [2.45, 2.75) is 43.6 Å². The Hall–Kier alpha value is -3.21. The molecule has 0 saturated carbocycles. The van der Waals surface area contributed by atoms with E-state index >= 15 is 0 Å². The number of pyridine rings is 1. The Bertz CT molecular complexity index is 1200. The van der Waals surface area contributed by atoms with Crippen molar-refractivity contribution < 1.29 is 22.4 Å². The summed E-state index contributed by atoms with van der Waals surface area (Å²) in [7, 11) is 0. The molecular formula is C21H17ClF4N6O. The smallest absolute Gasteiger partial charge is 0.364 e. The molecule has 1 aromatic carbocycles. The van der Waals surface area contributed by atoms with Crippen molar-refractivity contribution in [3.63, 3.8) is 0 Å². The summed E-state index contributed by atoms with van der Waals surface area (Å²) in [5, 5.41) is 10.9. The van der Waals surface area contributed by atoms with Gasteiger partial charge in [0.05, 0.1) is 34.6 Å². The molecule has 4 heterocycles. The first-order chi connectivity index (χ1) is 15.7. The predicted molar refractivity (Wildman–Crippen MR) is 111 cm³/mol. The van der Waals surface area contributed by atoms with Crippen LogP contribution in [0, 0.1) is 5.82 Å². The van der Waals surface area contributed by atoms with Crippen LogP contribution in [0.3, 0.4) is 0 Å². The number of para-hydroxylation sites is 1. The monoisotopic (exact) mass is 480 g/mol. The number of fused-ring (bicyclic) bond motifs is 2. The minimum Gasteiger partial charge on any atom is -0.364 e. The number of aromatic nitrogens is 4. The Balaban J connectivity index is 1.40. The van der Waals surface area contributed by atoms with E-state index < -0.39 is 17.6 Å². The normalized spacial score (nSPS) is 22.1. The minimum absolute atomic E-state index is 0.0317. The average molecular weight is 481 g/mol. The van der Waals surface area contributed by atoms with Gasteiger partial charge in [-0.3, -0.25) is 4.79 Å². The summed E-state index contributed by atoms with van der Waals surface area (Å²) >= 11 is 6.04. The number of hydrogen-bond donors (Lipinski definition) is 1. The van der Waals surface area contributed by atoms with E-state index in [2.05, 4.69) is 20.5 Å². The van der Waals surface area contributed by atoms with Crippen molar-refractivity contribution in [1.29, 1.82) is 0 Å².